The van der Waals surface area contributed by atoms with Crippen molar-refractivity contribution in [3.8, 4) is 0 Å². The van der Waals surface area contributed by atoms with Gasteiger partial charge in [0.05, 0.1) is 18.4 Å². The van der Waals surface area contributed by atoms with E-state index in [2.05, 4.69) is 39.7 Å². The van der Waals surface area contributed by atoms with Crippen LogP contribution in [0.15, 0.2) is 36.7 Å². The van der Waals surface area contributed by atoms with Gasteiger partial charge < -0.3 is 15.5 Å². The molecule has 1 aromatic carbocycles. The Morgan fingerprint density at radius 1 is 1.24 bits per heavy atom. The number of hydrogen-bond acceptors (Lipinski definition) is 4. The lowest BCUT2D eigenvalue weighted by molar-refractivity contribution is -0.121. The summed E-state index contributed by atoms with van der Waals surface area (Å²) >= 11 is 0. The van der Waals surface area contributed by atoms with Gasteiger partial charge in [-0.3, -0.25) is 14.3 Å². The van der Waals surface area contributed by atoms with Gasteiger partial charge in [-0.2, -0.15) is 5.10 Å². The molecule has 0 saturated heterocycles. The summed E-state index contributed by atoms with van der Waals surface area (Å²) in [7, 11) is 1.58. The first kappa shape index (κ1) is 17.0. The first-order valence-corrected chi connectivity index (χ1v) is 8.44. The first-order chi connectivity index (χ1) is 12.1. The molecule has 7 nitrogen and oxygen atoms in total. The average molecular weight is 341 g/mol. The van der Waals surface area contributed by atoms with E-state index in [-0.39, 0.29) is 18.4 Å². The van der Waals surface area contributed by atoms with Gasteiger partial charge in [0.2, 0.25) is 11.8 Å². The molecule has 3 rings (SSSR count). The van der Waals surface area contributed by atoms with Gasteiger partial charge >= 0.3 is 0 Å². The standard InChI is InChI=1S/C18H23N5O2/c1-13-7-8-14-5-3-4-6-16(14)23(13)12-18(25)21-15-9-20-22(10-15)11-17(24)19-2/h3-6,9-10,13H,7-8,11-12H2,1-2H3,(H,19,24)(H,21,25)/t13-/m0/s1. The fourth-order valence-corrected chi connectivity index (χ4v) is 3.10. The van der Waals surface area contributed by atoms with Crippen molar-refractivity contribution in [3.63, 3.8) is 0 Å². The van der Waals surface area contributed by atoms with Crippen LogP contribution in [0.2, 0.25) is 0 Å². The molecular weight excluding hydrogens is 318 g/mol. The van der Waals surface area contributed by atoms with Gasteiger partial charge in [0.1, 0.15) is 6.54 Å². The van der Waals surface area contributed by atoms with Crippen molar-refractivity contribution in [1.29, 1.82) is 0 Å². The number of para-hydroxylation sites is 1. The Bertz CT molecular complexity index is 770. The number of anilines is 2. The molecule has 25 heavy (non-hydrogen) atoms. The molecule has 0 saturated carbocycles. The smallest absolute Gasteiger partial charge is 0.243 e. The molecule has 2 N–H and O–H groups in total. The Morgan fingerprint density at radius 3 is 2.84 bits per heavy atom. The predicted octanol–water partition coefficient (Wildman–Crippen LogP) is 1.41. The van der Waals surface area contributed by atoms with Crippen LogP contribution in [0.4, 0.5) is 11.4 Å². The number of aromatic nitrogens is 2. The van der Waals surface area contributed by atoms with E-state index in [0.717, 1.165) is 18.5 Å². The van der Waals surface area contributed by atoms with E-state index in [1.54, 1.807) is 19.4 Å². The third-order valence-corrected chi connectivity index (χ3v) is 4.48. The number of amides is 2. The van der Waals surface area contributed by atoms with Crippen LogP contribution in [0.25, 0.3) is 0 Å². The van der Waals surface area contributed by atoms with Gasteiger partial charge in [-0.05, 0) is 31.4 Å². The Labute approximate surface area is 147 Å². The molecule has 0 spiro atoms. The number of nitrogens with zero attached hydrogens (tertiary/aromatic N) is 3. The molecule has 0 radical (unpaired) electrons. The van der Waals surface area contributed by atoms with Crippen LogP contribution in [0.3, 0.4) is 0 Å². The number of nitrogens with one attached hydrogen (secondary N) is 2. The van der Waals surface area contributed by atoms with E-state index >= 15 is 0 Å². The topological polar surface area (TPSA) is 79.3 Å². The van der Waals surface area contributed by atoms with E-state index in [9.17, 15) is 9.59 Å². The Morgan fingerprint density at radius 2 is 2.04 bits per heavy atom. The largest absolute Gasteiger partial charge is 0.359 e. The summed E-state index contributed by atoms with van der Waals surface area (Å²) in [6, 6.07) is 8.55. The third kappa shape index (κ3) is 3.99. The number of rotatable bonds is 5. The number of carbonyl (C=O) groups excluding carboxylic acids is 2. The first-order valence-electron chi connectivity index (χ1n) is 8.44. The second-order valence-corrected chi connectivity index (χ2v) is 6.29. The highest BCUT2D eigenvalue weighted by Crippen LogP contribution is 2.30. The number of carbonyl (C=O) groups is 2. The molecule has 2 aromatic rings. The lowest BCUT2D eigenvalue weighted by atomic mass is 9.96. The molecule has 132 valence electrons. The molecule has 7 heteroatoms. The van der Waals surface area contributed by atoms with Gasteiger partial charge in [-0.25, -0.2) is 0 Å². The lowest BCUT2D eigenvalue weighted by Gasteiger charge is -2.36. The molecule has 2 heterocycles. The summed E-state index contributed by atoms with van der Waals surface area (Å²) in [4.78, 5) is 26.0. The summed E-state index contributed by atoms with van der Waals surface area (Å²) in [5.41, 5.74) is 3.00. The fourth-order valence-electron chi connectivity index (χ4n) is 3.10. The second kappa shape index (κ2) is 7.38. The van der Waals surface area contributed by atoms with Crippen LogP contribution in [-0.4, -0.2) is 41.2 Å². The van der Waals surface area contributed by atoms with Gasteiger partial charge in [0.15, 0.2) is 0 Å². The zero-order valence-corrected chi connectivity index (χ0v) is 14.5. The van der Waals surface area contributed by atoms with Crippen LogP contribution in [0, 0.1) is 0 Å². The van der Waals surface area contributed by atoms with Gasteiger partial charge in [-0.1, -0.05) is 18.2 Å². The molecule has 0 unspecified atom stereocenters. The van der Waals surface area contributed by atoms with E-state index < -0.39 is 0 Å². The summed E-state index contributed by atoms with van der Waals surface area (Å²) in [5, 5.41) is 9.48. The predicted molar refractivity (Wildman–Crippen MR) is 96.5 cm³/mol. The van der Waals surface area contributed by atoms with E-state index in [4.69, 9.17) is 0 Å². The van der Waals surface area contributed by atoms with Crippen LogP contribution in [-0.2, 0) is 22.6 Å². The molecule has 1 aliphatic rings. The SMILES string of the molecule is CNC(=O)Cn1cc(NC(=O)CN2c3ccccc3CC[C@@H]2C)cn1. The maximum Gasteiger partial charge on any atom is 0.243 e. The second-order valence-electron chi connectivity index (χ2n) is 6.29. The van der Waals surface area contributed by atoms with Gasteiger partial charge in [0, 0.05) is 25.0 Å². The van der Waals surface area contributed by atoms with E-state index in [0.29, 0.717) is 18.3 Å². The average Bonchev–Trinajstić information content (AvgIpc) is 3.04. The van der Waals surface area contributed by atoms with Crippen LogP contribution in [0.5, 0.6) is 0 Å². The maximum absolute atomic E-state index is 12.5. The molecule has 2 amide bonds. The zero-order valence-electron chi connectivity index (χ0n) is 14.5. The normalized spacial score (nSPS) is 16.2. The minimum atomic E-state index is -0.139. The highest BCUT2D eigenvalue weighted by atomic mass is 16.2. The Hall–Kier alpha value is -2.83. The fraction of sp³-hybridized carbons (Fsp3) is 0.389. The zero-order chi connectivity index (χ0) is 17.8. The van der Waals surface area contributed by atoms with Gasteiger partial charge in [0.25, 0.3) is 0 Å². The van der Waals surface area contributed by atoms with Crippen molar-refractivity contribution in [3.05, 3.63) is 42.2 Å². The quantitative estimate of drug-likeness (QED) is 0.862. The van der Waals surface area contributed by atoms with Crippen molar-refractivity contribution in [1.82, 2.24) is 15.1 Å². The highest BCUT2D eigenvalue weighted by molar-refractivity contribution is 5.94. The highest BCUT2D eigenvalue weighted by Gasteiger charge is 2.24. The van der Waals surface area contributed by atoms with Gasteiger partial charge in [-0.15, -0.1) is 0 Å². The molecule has 0 bridgehead atoms. The maximum atomic E-state index is 12.5. The van der Waals surface area contributed by atoms with Crippen molar-refractivity contribution < 1.29 is 9.59 Å². The van der Waals surface area contributed by atoms with Crippen molar-refractivity contribution >= 4 is 23.2 Å². The Balaban J connectivity index is 1.64. The van der Waals surface area contributed by atoms with Crippen molar-refractivity contribution in [2.45, 2.75) is 32.4 Å². The molecule has 1 aliphatic heterocycles. The Kier molecular flexibility index (Phi) is 5.02. The van der Waals surface area contributed by atoms with Crippen LogP contribution < -0.4 is 15.5 Å². The minimum Gasteiger partial charge on any atom is -0.359 e. The number of fused-ring (bicyclic) bond motifs is 1. The summed E-state index contributed by atoms with van der Waals surface area (Å²) in [6.07, 6.45) is 5.28. The number of benzene rings is 1. The number of likely N-dealkylation sites (N-methyl/N-ethyl adjacent to an activating group) is 1. The van der Waals surface area contributed by atoms with E-state index in [1.807, 2.05) is 12.1 Å². The molecular formula is C18H23N5O2. The molecule has 0 aliphatic carbocycles. The summed E-state index contributed by atoms with van der Waals surface area (Å²) < 4.78 is 1.49. The van der Waals surface area contributed by atoms with Crippen LogP contribution in [0.1, 0.15) is 18.9 Å². The summed E-state index contributed by atoms with van der Waals surface area (Å²) in [5.74, 6) is -0.234. The summed E-state index contributed by atoms with van der Waals surface area (Å²) in [6.45, 7) is 2.56. The minimum absolute atomic E-state index is 0.0944. The number of hydrogen-bond donors (Lipinski definition) is 2. The lowest BCUT2D eigenvalue weighted by Crippen LogP contribution is -2.42. The molecule has 1 aromatic heterocycles. The number of aryl methyl sites for hydroxylation is 1. The van der Waals surface area contributed by atoms with E-state index in [1.165, 1.54) is 10.2 Å². The molecule has 0 fully saturated rings. The molecule has 1 atom stereocenters. The third-order valence-electron chi connectivity index (χ3n) is 4.48. The van der Waals surface area contributed by atoms with Crippen molar-refractivity contribution in [2.24, 2.45) is 0 Å². The van der Waals surface area contributed by atoms with Crippen molar-refractivity contribution in [2.75, 3.05) is 23.8 Å². The van der Waals surface area contributed by atoms with Crippen LogP contribution >= 0.6 is 0 Å². The monoisotopic (exact) mass is 341 g/mol.